The molecule has 0 spiro atoms. The summed E-state index contributed by atoms with van der Waals surface area (Å²) in [6.07, 6.45) is 6.92. The van der Waals surface area contributed by atoms with Gasteiger partial charge in [-0.15, -0.1) is 0 Å². The van der Waals surface area contributed by atoms with Crippen molar-refractivity contribution in [3.63, 3.8) is 0 Å². The van der Waals surface area contributed by atoms with E-state index in [-0.39, 0.29) is 5.82 Å². The summed E-state index contributed by atoms with van der Waals surface area (Å²) in [5.74, 6) is 2.03. The highest BCUT2D eigenvalue weighted by atomic mass is 19.1. The molecule has 2 saturated heterocycles. The summed E-state index contributed by atoms with van der Waals surface area (Å²) in [5.41, 5.74) is 0. The third kappa shape index (κ3) is 1.91. The van der Waals surface area contributed by atoms with Crippen molar-refractivity contribution in [1.82, 2.24) is 14.9 Å². The number of hydrogen-bond donors (Lipinski definition) is 0. The van der Waals surface area contributed by atoms with Gasteiger partial charge in [-0.1, -0.05) is 6.42 Å². The van der Waals surface area contributed by atoms with Crippen LogP contribution in [0.5, 0.6) is 0 Å². The summed E-state index contributed by atoms with van der Waals surface area (Å²) in [6, 6.07) is 0.597. The molecule has 3 fully saturated rings. The zero-order valence-corrected chi connectivity index (χ0v) is 11.0. The zero-order valence-electron chi connectivity index (χ0n) is 11.0. The summed E-state index contributed by atoms with van der Waals surface area (Å²) in [4.78, 5) is 12.4. The van der Waals surface area contributed by atoms with Gasteiger partial charge in [-0.05, 0) is 24.7 Å². The lowest BCUT2D eigenvalue weighted by Crippen LogP contribution is -2.59. The van der Waals surface area contributed by atoms with Gasteiger partial charge in [0.15, 0.2) is 11.6 Å². The highest BCUT2D eigenvalue weighted by Crippen LogP contribution is 2.39. The van der Waals surface area contributed by atoms with E-state index >= 15 is 0 Å². The molecule has 19 heavy (non-hydrogen) atoms. The van der Waals surface area contributed by atoms with Crippen molar-refractivity contribution in [2.75, 3.05) is 31.1 Å². The van der Waals surface area contributed by atoms with Crippen molar-refractivity contribution in [2.45, 2.75) is 25.3 Å². The van der Waals surface area contributed by atoms with E-state index in [1.54, 1.807) is 0 Å². The second-order valence-electron chi connectivity index (χ2n) is 6.16. The summed E-state index contributed by atoms with van der Waals surface area (Å²) in [5, 5.41) is 0. The molecule has 102 valence electrons. The van der Waals surface area contributed by atoms with Crippen LogP contribution in [0.4, 0.5) is 10.2 Å². The Morgan fingerprint density at radius 3 is 2.53 bits per heavy atom. The molecule has 5 heteroatoms. The lowest BCUT2D eigenvalue weighted by molar-refractivity contribution is 0.189. The smallest absolute Gasteiger partial charge is 0.183 e. The van der Waals surface area contributed by atoms with Crippen LogP contribution < -0.4 is 4.90 Å². The van der Waals surface area contributed by atoms with Crippen LogP contribution >= 0.6 is 0 Å². The van der Waals surface area contributed by atoms with Crippen molar-refractivity contribution >= 4 is 5.82 Å². The highest BCUT2D eigenvalue weighted by molar-refractivity contribution is 5.42. The molecule has 0 radical (unpaired) electrons. The van der Waals surface area contributed by atoms with Gasteiger partial charge in [-0.25, -0.2) is 14.4 Å². The number of fused-ring (bicyclic) bond motifs is 1. The minimum Gasteiger partial charge on any atom is -0.351 e. The summed E-state index contributed by atoms with van der Waals surface area (Å²) >= 11 is 0. The second-order valence-corrected chi connectivity index (χ2v) is 6.16. The van der Waals surface area contributed by atoms with E-state index in [1.165, 1.54) is 44.9 Å². The Morgan fingerprint density at radius 1 is 1.11 bits per heavy atom. The number of rotatable bonds is 2. The van der Waals surface area contributed by atoms with Crippen molar-refractivity contribution in [1.29, 1.82) is 0 Å². The fraction of sp³-hybridized carbons (Fsp3) is 0.714. The van der Waals surface area contributed by atoms with Gasteiger partial charge in [0.25, 0.3) is 0 Å². The van der Waals surface area contributed by atoms with E-state index in [1.807, 2.05) is 4.90 Å². The van der Waals surface area contributed by atoms with Crippen LogP contribution in [0.25, 0.3) is 0 Å². The second kappa shape index (κ2) is 4.40. The lowest BCUT2D eigenvalue weighted by Gasteiger charge is -2.45. The maximum atomic E-state index is 13.6. The molecular weight excluding hydrogens is 243 g/mol. The van der Waals surface area contributed by atoms with E-state index in [4.69, 9.17) is 0 Å². The van der Waals surface area contributed by atoms with Crippen LogP contribution in [0, 0.1) is 17.7 Å². The third-order valence-electron chi connectivity index (χ3n) is 5.08. The van der Waals surface area contributed by atoms with Gasteiger partial charge >= 0.3 is 0 Å². The number of likely N-dealkylation sites (tertiary alicyclic amines) is 1. The molecule has 2 aliphatic heterocycles. The molecule has 4 rings (SSSR count). The van der Waals surface area contributed by atoms with Crippen LogP contribution in [0.1, 0.15) is 19.3 Å². The molecule has 2 unspecified atom stereocenters. The van der Waals surface area contributed by atoms with E-state index < -0.39 is 0 Å². The average Bonchev–Trinajstić information content (AvgIpc) is 2.90. The Morgan fingerprint density at radius 2 is 1.84 bits per heavy atom. The minimum absolute atomic E-state index is 0.306. The van der Waals surface area contributed by atoms with E-state index in [2.05, 4.69) is 14.9 Å². The Labute approximate surface area is 112 Å². The first-order valence-corrected chi connectivity index (χ1v) is 7.26. The highest BCUT2D eigenvalue weighted by Gasteiger charge is 2.42. The number of hydrogen-bond acceptors (Lipinski definition) is 4. The van der Waals surface area contributed by atoms with E-state index in [0.717, 1.165) is 24.9 Å². The summed E-state index contributed by atoms with van der Waals surface area (Å²) in [6.45, 7) is 4.34. The Hall–Kier alpha value is -1.23. The molecule has 4 nitrogen and oxygen atoms in total. The van der Waals surface area contributed by atoms with Gasteiger partial charge in [0.2, 0.25) is 0 Å². The molecule has 0 N–H and O–H groups in total. The summed E-state index contributed by atoms with van der Waals surface area (Å²) < 4.78 is 13.6. The van der Waals surface area contributed by atoms with Gasteiger partial charge in [0.1, 0.15) is 6.33 Å². The number of halogens is 1. The predicted octanol–water partition coefficient (Wildman–Crippen LogP) is 1.54. The van der Waals surface area contributed by atoms with E-state index in [0.29, 0.717) is 11.9 Å². The topological polar surface area (TPSA) is 32.3 Å². The van der Waals surface area contributed by atoms with Crippen LogP contribution in [0.3, 0.4) is 0 Å². The first kappa shape index (κ1) is 11.6. The molecule has 3 heterocycles. The van der Waals surface area contributed by atoms with Gasteiger partial charge < -0.3 is 4.90 Å². The molecular formula is C14H19FN4. The van der Waals surface area contributed by atoms with Crippen LogP contribution in [-0.4, -0.2) is 47.1 Å². The molecule has 0 aromatic carbocycles. The number of anilines is 1. The standard InChI is InChI=1S/C14H19FN4/c15-13-4-16-9-17-14(13)19-7-12(8-19)18-5-10-2-1-3-11(10)6-18/h4,9-12H,1-3,5-8H2. The van der Waals surface area contributed by atoms with Crippen LogP contribution in [-0.2, 0) is 0 Å². The monoisotopic (exact) mass is 262 g/mol. The maximum absolute atomic E-state index is 13.6. The molecule has 1 aliphatic carbocycles. The molecule has 0 amide bonds. The predicted molar refractivity (Wildman–Crippen MR) is 70.4 cm³/mol. The molecule has 2 atom stereocenters. The van der Waals surface area contributed by atoms with Crippen LogP contribution in [0.15, 0.2) is 12.5 Å². The molecule has 1 aromatic heterocycles. The fourth-order valence-electron chi connectivity index (χ4n) is 3.97. The van der Waals surface area contributed by atoms with Crippen molar-refractivity contribution in [3.8, 4) is 0 Å². The quantitative estimate of drug-likeness (QED) is 0.809. The third-order valence-corrected chi connectivity index (χ3v) is 5.08. The van der Waals surface area contributed by atoms with E-state index in [9.17, 15) is 4.39 Å². The Kier molecular flexibility index (Phi) is 2.69. The Balaban J connectivity index is 1.37. The maximum Gasteiger partial charge on any atom is 0.183 e. The normalized spacial score (nSPS) is 31.5. The van der Waals surface area contributed by atoms with Gasteiger partial charge in [-0.3, -0.25) is 4.90 Å². The average molecular weight is 262 g/mol. The zero-order chi connectivity index (χ0) is 12.8. The van der Waals surface area contributed by atoms with Crippen molar-refractivity contribution < 1.29 is 4.39 Å². The first-order chi connectivity index (χ1) is 9.31. The molecule has 3 aliphatic rings. The van der Waals surface area contributed by atoms with Crippen LogP contribution in [0.2, 0.25) is 0 Å². The molecule has 1 aromatic rings. The Bertz CT molecular complexity index is 462. The van der Waals surface area contributed by atoms with Crippen molar-refractivity contribution in [3.05, 3.63) is 18.3 Å². The SMILES string of the molecule is Fc1cncnc1N1CC(N2CC3CCCC3C2)C1. The minimum atomic E-state index is -0.306. The number of aromatic nitrogens is 2. The van der Waals surface area contributed by atoms with Crippen molar-refractivity contribution in [2.24, 2.45) is 11.8 Å². The first-order valence-electron chi connectivity index (χ1n) is 7.26. The molecule has 0 bridgehead atoms. The largest absolute Gasteiger partial charge is 0.351 e. The van der Waals surface area contributed by atoms with Gasteiger partial charge in [-0.2, -0.15) is 0 Å². The van der Waals surface area contributed by atoms with Gasteiger partial charge in [0.05, 0.1) is 6.20 Å². The lowest BCUT2D eigenvalue weighted by atomic mass is 10.0. The van der Waals surface area contributed by atoms with Gasteiger partial charge in [0, 0.05) is 32.2 Å². The summed E-state index contributed by atoms with van der Waals surface area (Å²) in [7, 11) is 0. The fourth-order valence-corrected chi connectivity index (χ4v) is 3.97. The molecule has 1 saturated carbocycles. The number of nitrogens with zero attached hydrogens (tertiary/aromatic N) is 4.